The number of nitrogens with one attached hydrogen (secondary N) is 3. The van der Waals surface area contributed by atoms with Crippen LogP contribution in [0.1, 0.15) is 43.2 Å². The predicted molar refractivity (Wildman–Crippen MR) is 153 cm³/mol. The lowest BCUT2D eigenvalue weighted by Crippen LogP contribution is -2.57. The van der Waals surface area contributed by atoms with Crippen LogP contribution in [0.25, 0.3) is 0 Å². The molecule has 4 unspecified atom stereocenters. The summed E-state index contributed by atoms with van der Waals surface area (Å²) in [6, 6.07) is 9.90. The molecule has 0 saturated heterocycles. The Morgan fingerprint density at radius 3 is 1.81 bits per heavy atom. The first-order valence-electron chi connectivity index (χ1n) is 13.6. The Bertz CT molecular complexity index is 1190. The van der Waals surface area contributed by atoms with Crippen molar-refractivity contribution in [2.45, 2.75) is 69.1 Å². The number of nitrogens with two attached hydrogens (primary N) is 2. The minimum Gasteiger partial charge on any atom is -0.508 e. The number of hydrogen-bond acceptors (Lipinski definition) is 8. The van der Waals surface area contributed by atoms with E-state index in [9.17, 15) is 39.3 Å². The molecule has 2 rings (SSSR count). The fraction of sp³-hybridized carbons (Fsp3) is 0.414. The minimum atomic E-state index is -1.38. The molecule has 0 bridgehead atoms. The summed E-state index contributed by atoms with van der Waals surface area (Å²) in [6.45, 7) is 0.351. The van der Waals surface area contributed by atoms with Crippen molar-refractivity contribution in [3.63, 3.8) is 0 Å². The summed E-state index contributed by atoms with van der Waals surface area (Å²) < 4.78 is 0. The fourth-order valence-corrected chi connectivity index (χ4v) is 4.15. The topological polar surface area (TPSA) is 234 Å². The number of carboxylic acids is 2. The molecule has 0 aliphatic rings. The van der Waals surface area contributed by atoms with E-state index < -0.39 is 60.2 Å². The number of unbranched alkanes of at least 4 members (excludes halogenated alkanes) is 1. The van der Waals surface area contributed by atoms with Crippen LogP contribution in [-0.2, 0) is 36.8 Å². The number of phenolic OH excluding ortho intramolecular Hbond substituents is 1. The van der Waals surface area contributed by atoms with E-state index in [-0.39, 0.29) is 31.4 Å². The largest absolute Gasteiger partial charge is 0.508 e. The molecular weight excluding hydrogens is 546 g/mol. The third-order valence-electron chi connectivity index (χ3n) is 6.49. The average Bonchev–Trinajstić information content (AvgIpc) is 2.95. The van der Waals surface area contributed by atoms with Gasteiger partial charge in [-0.3, -0.25) is 19.2 Å². The lowest BCUT2D eigenvalue weighted by molar-refractivity contribution is -0.143. The van der Waals surface area contributed by atoms with Crippen molar-refractivity contribution in [2.24, 2.45) is 11.5 Å². The molecule has 0 fully saturated rings. The molecule has 2 aromatic carbocycles. The van der Waals surface area contributed by atoms with Crippen molar-refractivity contribution in [1.29, 1.82) is 0 Å². The number of amides is 3. The van der Waals surface area contributed by atoms with Gasteiger partial charge >= 0.3 is 11.9 Å². The first-order valence-corrected chi connectivity index (χ1v) is 13.6. The number of benzene rings is 2. The number of carbonyl (C=O) groups is 5. The van der Waals surface area contributed by atoms with Crippen LogP contribution in [-0.4, -0.2) is 75.7 Å². The van der Waals surface area contributed by atoms with E-state index in [1.807, 2.05) is 0 Å². The van der Waals surface area contributed by atoms with E-state index >= 15 is 0 Å². The Morgan fingerprint density at radius 2 is 1.24 bits per heavy atom. The number of carbonyl (C=O) groups excluding carboxylic acids is 3. The highest BCUT2D eigenvalue weighted by Crippen LogP contribution is 2.12. The second-order valence-corrected chi connectivity index (χ2v) is 9.91. The predicted octanol–water partition coefficient (Wildman–Crippen LogP) is 0.0375. The van der Waals surface area contributed by atoms with E-state index in [2.05, 4.69) is 16.0 Å². The van der Waals surface area contributed by atoms with Gasteiger partial charge in [-0.2, -0.15) is 0 Å². The molecular formula is C29H39N5O8. The van der Waals surface area contributed by atoms with Crippen molar-refractivity contribution in [3.8, 4) is 5.75 Å². The molecule has 0 aliphatic carbocycles. The minimum absolute atomic E-state index is 0.0296. The zero-order valence-electron chi connectivity index (χ0n) is 23.2. The van der Waals surface area contributed by atoms with Crippen molar-refractivity contribution in [1.82, 2.24) is 16.0 Å². The maximum atomic E-state index is 13.3. The number of carboxylic acid groups (broad SMARTS) is 2. The molecule has 0 heterocycles. The molecule has 13 heteroatoms. The van der Waals surface area contributed by atoms with E-state index in [4.69, 9.17) is 11.5 Å². The Labute approximate surface area is 243 Å². The van der Waals surface area contributed by atoms with Crippen LogP contribution in [0.15, 0.2) is 54.6 Å². The highest BCUT2D eigenvalue weighted by atomic mass is 16.4. The molecule has 13 nitrogen and oxygen atoms in total. The van der Waals surface area contributed by atoms with Gasteiger partial charge in [0.2, 0.25) is 17.7 Å². The normalized spacial score (nSPS) is 13.7. The Morgan fingerprint density at radius 1 is 0.690 bits per heavy atom. The van der Waals surface area contributed by atoms with Crippen molar-refractivity contribution < 1.29 is 39.3 Å². The van der Waals surface area contributed by atoms with E-state index in [0.717, 1.165) is 0 Å². The Balaban J connectivity index is 2.15. The van der Waals surface area contributed by atoms with Gasteiger partial charge in [0, 0.05) is 12.8 Å². The van der Waals surface area contributed by atoms with E-state index in [1.54, 1.807) is 42.5 Å². The average molecular weight is 586 g/mol. The van der Waals surface area contributed by atoms with Gasteiger partial charge < -0.3 is 42.7 Å². The second-order valence-electron chi connectivity index (χ2n) is 9.91. The standard InChI is InChI=1S/C29H39N5O8/c30-15-5-4-8-22(32-26(38)21(31)16-19-9-11-20(35)12-10-19)27(39)33-23(13-14-25(36)37)28(40)34-24(29(41)42)17-18-6-2-1-3-7-18/h1-3,6-7,9-12,21-24,35H,4-5,8,13-17,30-31H2,(H,32,38)(H,33,39)(H,34,40)(H,36,37)(H,41,42). The highest BCUT2D eigenvalue weighted by Gasteiger charge is 2.30. The Hall–Kier alpha value is -4.49. The van der Waals surface area contributed by atoms with Crippen LogP contribution in [0.5, 0.6) is 5.75 Å². The summed E-state index contributed by atoms with van der Waals surface area (Å²) in [4.78, 5) is 62.4. The lowest BCUT2D eigenvalue weighted by atomic mass is 10.0. The SMILES string of the molecule is NCCCCC(NC(=O)C(N)Cc1ccc(O)cc1)C(=O)NC(CCC(=O)O)C(=O)NC(Cc1ccccc1)C(=O)O. The molecule has 228 valence electrons. The van der Waals surface area contributed by atoms with Gasteiger partial charge in [0.1, 0.15) is 23.9 Å². The molecule has 42 heavy (non-hydrogen) atoms. The smallest absolute Gasteiger partial charge is 0.326 e. The van der Waals surface area contributed by atoms with Gasteiger partial charge in [-0.15, -0.1) is 0 Å². The molecule has 0 spiro atoms. The molecule has 2 aromatic rings. The van der Waals surface area contributed by atoms with Gasteiger partial charge in [-0.25, -0.2) is 4.79 Å². The van der Waals surface area contributed by atoms with Crippen LogP contribution in [0, 0.1) is 0 Å². The third-order valence-corrected chi connectivity index (χ3v) is 6.49. The number of rotatable bonds is 18. The number of hydrogen-bond donors (Lipinski definition) is 8. The third kappa shape index (κ3) is 11.9. The first kappa shape index (κ1) is 33.7. The molecule has 0 radical (unpaired) electrons. The molecule has 10 N–H and O–H groups in total. The summed E-state index contributed by atoms with van der Waals surface area (Å²) in [6.07, 6.45) is 0.502. The fourth-order valence-electron chi connectivity index (χ4n) is 4.15. The first-order chi connectivity index (χ1) is 20.0. The summed E-state index contributed by atoms with van der Waals surface area (Å²) >= 11 is 0. The van der Waals surface area contributed by atoms with Gasteiger partial charge in [0.05, 0.1) is 6.04 Å². The van der Waals surface area contributed by atoms with E-state index in [1.165, 1.54) is 12.1 Å². The second kappa shape index (κ2) is 17.4. The van der Waals surface area contributed by atoms with Crippen LogP contribution in [0.4, 0.5) is 0 Å². The molecule has 0 aromatic heterocycles. The van der Waals surface area contributed by atoms with Crippen molar-refractivity contribution in [3.05, 3.63) is 65.7 Å². The summed E-state index contributed by atoms with van der Waals surface area (Å²) in [5.41, 5.74) is 13.0. The van der Waals surface area contributed by atoms with Gasteiger partial charge in [-0.05, 0) is 61.9 Å². The quantitative estimate of drug-likeness (QED) is 0.109. The van der Waals surface area contributed by atoms with Crippen LogP contribution < -0.4 is 27.4 Å². The van der Waals surface area contributed by atoms with Crippen LogP contribution >= 0.6 is 0 Å². The summed E-state index contributed by atoms with van der Waals surface area (Å²) in [7, 11) is 0. The number of aromatic hydroxyl groups is 1. The zero-order valence-corrected chi connectivity index (χ0v) is 23.2. The maximum Gasteiger partial charge on any atom is 0.326 e. The van der Waals surface area contributed by atoms with Crippen LogP contribution in [0.3, 0.4) is 0 Å². The molecule has 3 amide bonds. The molecule has 4 atom stereocenters. The highest BCUT2D eigenvalue weighted by molar-refractivity contribution is 5.94. The number of phenols is 1. The zero-order chi connectivity index (χ0) is 31.1. The molecule has 0 aliphatic heterocycles. The number of aliphatic carboxylic acids is 2. The summed E-state index contributed by atoms with van der Waals surface area (Å²) in [5.74, 6) is -4.71. The van der Waals surface area contributed by atoms with Gasteiger partial charge in [0.25, 0.3) is 0 Å². The Kier molecular flexibility index (Phi) is 13.9. The molecule has 0 saturated carbocycles. The maximum absolute atomic E-state index is 13.3. The van der Waals surface area contributed by atoms with Gasteiger partial charge in [-0.1, -0.05) is 42.5 Å². The van der Waals surface area contributed by atoms with Crippen molar-refractivity contribution in [2.75, 3.05) is 6.54 Å². The van der Waals surface area contributed by atoms with E-state index in [0.29, 0.717) is 30.5 Å². The van der Waals surface area contributed by atoms with Crippen molar-refractivity contribution >= 4 is 29.7 Å². The van der Waals surface area contributed by atoms with Gasteiger partial charge in [0.15, 0.2) is 0 Å². The lowest BCUT2D eigenvalue weighted by Gasteiger charge is -2.25. The summed E-state index contributed by atoms with van der Waals surface area (Å²) in [5, 5.41) is 35.8. The monoisotopic (exact) mass is 585 g/mol. The van der Waals surface area contributed by atoms with Crippen LogP contribution in [0.2, 0.25) is 0 Å².